The standard InChI is InChI=1S/C21H22ClFN2O3S/c1-29(27,28)24-13-9-10-25(12-13)21(26)17-11-16(17)20-15(6-4-8-19(20)23)14-5-2-3-7-18(14)22/h2-8,13,16-17,24H,9-12H2,1H3/t13-,16-,17-/m1/s1. The summed E-state index contributed by atoms with van der Waals surface area (Å²) in [5, 5.41) is 0.539. The van der Waals surface area contributed by atoms with Crippen molar-refractivity contribution in [2.45, 2.75) is 24.8 Å². The molecular weight excluding hydrogens is 415 g/mol. The second-order valence-electron chi connectivity index (χ2n) is 7.79. The van der Waals surface area contributed by atoms with E-state index in [1.165, 1.54) is 6.07 Å². The second kappa shape index (κ2) is 7.70. The third-order valence-corrected chi connectivity index (χ3v) is 6.67. The highest BCUT2D eigenvalue weighted by molar-refractivity contribution is 7.88. The van der Waals surface area contributed by atoms with Crippen LogP contribution in [0, 0.1) is 11.7 Å². The lowest BCUT2D eigenvalue weighted by Crippen LogP contribution is -2.38. The highest BCUT2D eigenvalue weighted by Crippen LogP contribution is 2.52. The van der Waals surface area contributed by atoms with Crippen molar-refractivity contribution in [2.75, 3.05) is 19.3 Å². The van der Waals surface area contributed by atoms with Crippen molar-refractivity contribution in [3.05, 3.63) is 58.9 Å². The first-order valence-electron chi connectivity index (χ1n) is 9.54. The minimum Gasteiger partial charge on any atom is -0.341 e. The van der Waals surface area contributed by atoms with E-state index in [0.29, 0.717) is 42.1 Å². The van der Waals surface area contributed by atoms with E-state index in [-0.39, 0.29) is 29.6 Å². The molecule has 1 saturated carbocycles. The summed E-state index contributed by atoms with van der Waals surface area (Å²) in [5.41, 5.74) is 2.00. The van der Waals surface area contributed by atoms with Gasteiger partial charge in [-0.15, -0.1) is 0 Å². The molecule has 0 unspecified atom stereocenters. The lowest BCUT2D eigenvalue weighted by atomic mass is 9.95. The Bertz CT molecular complexity index is 1060. The van der Waals surface area contributed by atoms with Crippen LogP contribution >= 0.6 is 11.6 Å². The van der Waals surface area contributed by atoms with Crippen LogP contribution in [0.4, 0.5) is 4.39 Å². The lowest BCUT2D eigenvalue weighted by molar-refractivity contribution is -0.131. The second-order valence-corrected chi connectivity index (χ2v) is 9.98. The van der Waals surface area contributed by atoms with Gasteiger partial charge < -0.3 is 4.90 Å². The minimum atomic E-state index is -3.31. The van der Waals surface area contributed by atoms with Gasteiger partial charge >= 0.3 is 0 Å². The summed E-state index contributed by atoms with van der Waals surface area (Å²) in [6.07, 6.45) is 2.28. The van der Waals surface area contributed by atoms with Crippen LogP contribution in [0.5, 0.6) is 0 Å². The normalized spacial score (nSPS) is 24.0. The molecule has 1 N–H and O–H groups in total. The van der Waals surface area contributed by atoms with E-state index in [1.807, 2.05) is 24.3 Å². The number of carbonyl (C=O) groups excluding carboxylic acids is 1. The van der Waals surface area contributed by atoms with E-state index < -0.39 is 10.0 Å². The minimum absolute atomic E-state index is 0.0406. The molecule has 2 aromatic rings. The van der Waals surface area contributed by atoms with E-state index in [1.54, 1.807) is 17.0 Å². The van der Waals surface area contributed by atoms with E-state index in [0.717, 1.165) is 11.8 Å². The average molecular weight is 437 g/mol. The molecule has 2 aliphatic rings. The number of carbonyl (C=O) groups is 1. The Hall–Kier alpha value is -1.96. The molecule has 5 nitrogen and oxygen atoms in total. The number of nitrogens with zero attached hydrogens (tertiary/aromatic N) is 1. The van der Waals surface area contributed by atoms with Gasteiger partial charge in [-0.3, -0.25) is 4.79 Å². The number of hydrogen-bond donors (Lipinski definition) is 1. The summed E-state index contributed by atoms with van der Waals surface area (Å²) < 4.78 is 40.2. The first kappa shape index (κ1) is 20.3. The topological polar surface area (TPSA) is 66.5 Å². The maximum absolute atomic E-state index is 14.8. The number of hydrogen-bond acceptors (Lipinski definition) is 3. The van der Waals surface area contributed by atoms with Crippen molar-refractivity contribution < 1.29 is 17.6 Å². The molecule has 3 atom stereocenters. The van der Waals surface area contributed by atoms with Gasteiger partial charge in [0.25, 0.3) is 0 Å². The summed E-state index contributed by atoms with van der Waals surface area (Å²) in [4.78, 5) is 14.6. The molecule has 4 rings (SSSR count). The first-order chi connectivity index (χ1) is 13.7. The molecule has 2 aromatic carbocycles. The molecule has 29 heavy (non-hydrogen) atoms. The highest BCUT2D eigenvalue weighted by atomic mass is 35.5. The summed E-state index contributed by atoms with van der Waals surface area (Å²) in [6.45, 7) is 0.855. The van der Waals surface area contributed by atoms with Crippen molar-refractivity contribution >= 4 is 27.5 Å². The highest BCUT2D eigenvalue weighted by Gasteiger charge is 2.49. The molecule has 0 spiro atoms. The third-order valence-electron chi connectivity index (χ3n) is 5.58. The first-order valence-corrected chi connectivity index (χ1v) is 11.8. The van der Waals surface area contributed by atoms with Gasteiger partial charge in [-0.1, -0.05) is 41.9 Å². The Morgan fingerprint density at radius 1 is 1.17 bits per heavy atom. The zero-order valence-corrected chi connectivity index (χ0v) is 17.5. The monoisotopic (exact) mass is 436 g/mol. The van der Waals surface area contributed by atoms with Crippen LogP contribution in [0.2, 0.25) is 5.02 Å². The molecule has 8 heteroatoms. The average Bonchev–Trinajstić information content (AvgIpc) is 3.30. The molecule has 1 heterocycles. The van der Waals surface area contributed by atoms with E-state index in [2.05, 4.69) is 4.72 Å². The number of sulfonamides is 1. The fourth-order valence-electron chi connectivity index (χ4n) is 4.21. The molecule has 154 valence electrons. The molecule has 1 aliphatic carbocycles. The number of amides is 1. The number of benzene rings is 2. The van der Waals surface area contributed by atoms with E-state index >= 15 is 0 Å². The van der Waals surface area contributed by atoms with Gasteiger partial charge in [0.1, 0.15) is 5.82 Å². The van der Waals surface area contributed by atoms with Crippen molar-refractivity contribution in [3.63, 3.8) is 0 Å². The largest absolute Gasteiger partial charge is 0.341 e. The van der Waals surface area contributed by atoms with Gasteiger partial charge in [0.2, 0.25) is 15.9 Å². The van der Waals surface area contributed by atoms with E-state index in [4.69, 9.17) is 11.6 Å². The number of rotatable bonds is 5. The predicted molar refractivity (Wildman–Crippen MR) is 111 cm³/mol. The Kier molecular flexibility index (Phi) is 5.40. The van der Waals surface area contributed by atoms with Gasteiger partial charge in [-0.25, -0.2) is 17.5 Å². The van der Waals surface area contributed by atoms with Crippen LogP contribution in [-0.2, 0) is 14.8 Å². The zero-order chi connectivity index (χ0) is 20.8. The quantitative estimate of drug-likeness (QED) is 0.781. The van der Waals surface area contributed by atoms with Crippen LogP contribution in [0.25, 0.3) is 11.1 Å². The summed E-state index contributed by atoms with van der Waals surface area (Å²) in [5.74, 6) is -0.857. The molecular formula is C21H22ClFN2O3S. The van der Waals surface area contributed by atoms with Gasteiger partial charge in [0, 0.05) is 35.6 Å². The van der Waals surface area contributed by atoms with Gasteiger partial charge in [-0.05, 0) is 42.0 Å². The van der Waals surface area contributed by atoms with E-state index in [9.17, 15) is 17.6 Å². The maximum atomic E-state index is 14.8. The molecule has 1 aliphatic heterocycles. The van der Waals surface area contributed by atoms with Gasteiger partial charge in [0.05, 0.1) is 6.26 Å². The van der Waals surface area contributed by atoms with Crippen molar-refractivity contribution in [1.82, 2.24) is 9.62 Å². The Labute approximate surface area is 174 Å². The predicted octanol–water partition coefficient (Wildman–Crippen LogP) is 3.40. The maximum Gasteiger partial charge on any atom is 0.226 e. The molecule has 1 amide bonds. The molecule has 1 saturated heterocycles. The number of likely N-dealkylation sites (tertiary alicyclic amines) is 1. The van der Waals surface area contributed by atoms with Crippen molar-refractivity contribution in [3.8, 4) is 11.1 Å². The zero-order valence-electron chi connectivity index (χ0n) is 15.9. The van der Waals surface area contributed by atoms with Crippen LogP contribution < -0.4 is 4.72 Å². The SMILES string of the molecule is CS(=O)(=O)N[C@@H]1CCN(C(=O)[C@@H]2C[C@H]2c2c(F)cccc2-c2ccccc2Cl)C1. The van der Waals surface area contributed by atoms with Crippen LogP contribution in [0.1, 0.15) is 24.3 Å². The molecule has 0 aromatic heterocycles. The van der Waals surface area contributed by atoms with Gasteiger partial charge in [-0.2, -0.15) is 0 Å². The molecule has 2 fully saturated rings. The Morgan fingerprint density at radius 3 is 2.62 bits per heavy atom. The van der Waals surface area contributed by atoms with Crippen LogP contribution in [0.3, 0.4) is 0 Å². The number of halogens is 2. The lowest BCUT2D eigenvalue weighted by Gasteiger charge is -2.17. The van der Waals surface area contributed by atoms with Crippen molar-refractivity contribution in [2.24, 2.45) is 5.92 Å². The summed E-state index contributed by atoms with van der Waals surface area (Å²) >= 11 is 6.33. The fraction of sp³-hybridized carbons (Fsp3) is 0.381. The van der Waals surface area contributed by atoms with Crippen LogP contribution in [-0.4, -0.2) is 44.6 Å². The summed E-state index contributed by atoms with van der Waals surface area (Å²) in [6, 6.07) is 11.9. The number of nitrogens with one attached hydrogen (secondary N) is 1. The third kappa shape index (κ3) is 4.32. The molecule has 0 radical (unpaired) electrons. The summed E-state index contributed by atoms with van der Waals surface area (Å²) in [7, 11) is -3.31. The Balaban J connectivity index is 1.53. The van der Waals surface area contributed by atoms with Gasteiger partial charge in [0.15, 0.2) is 0 Å². The fourth-order valence-corrected chi connectivity index (χ4v) is 5.24. The van der Waals surface area contributed by atoms with Crippen LogP contribution in [0.15, 0.2) is 42.5 Å². The molecule has 0 bridgehead atoms. The van der Waals surface area contributed by atoms with Crippen molar-refractivity contribution in [1.29, 1.82) is 0 Å². The Morgan fingerprint density at radius 2 is 1.90 bits per heavy atom. The smallest absolute Gasteiger partial charge is 0.226 e.